The molecule has 3 aromatic rings. The van der Waals surface area contributed by atoms with Crippen molar-refractivity contribution in [2.75, 3.05) is 57.4 Å². The molecule has 1 N–H and O–H groups in total. The van der Waals surface area contributed by atoms with Crippen LogP contribution in [0.1, 0.15) is 88.2 Å². The van der Waals surface area contributed by atoms with Gasteiger partial charge in [0.1, 0.15) is 12.1 Å². The SMILES string of the molecule is CC(C)(C)C(=O)SCCOP(=O)(OCCSC(=O)C(C)(C)C)C(F)(F)c1ccc2ccc(C(=O)N[C@H]3CN(CC(F)F)CC[C@H]4CC[C@@H](C(=O)N5C[C@@H](C#N)[C@H](c6ccccc6)C5)N4C3=O)cc2c1. The molecule has 3 saturated heterocycles. The Kier molecular flexibility index (Phi) is 17.5. The van der Waals surface area contributed by atoms with Crippen molar-refractivity contribution in [3.8, 4) is 6.07 Å². The van der Waals surface area contributed by atoms with Crippen LogP contribution < -0.4 is 5.32 Å². The first-order valence-corrected chi connectivity index (χ1v) is 26.5. The van der Waals surface area contributed by atoms with Gasteiger partial charge in [-0.1, -0.05) is 114 Å². The summed E-state index contributed by atoms with van der Waals surface area (Å²) in [4.78, 5) is 72.5. The molecule has 374 valence electrons. The monoisotopic (exact) mass is 1020 g/mol. The normalized spacial score (nSPS) is 21.8. The standard InChI is InChI=1S/C49H60F4N5O8PS2/c1-47(2,3)45(62)68-22-20-65-67(64,66-21-23-69-46(63)48(4,5)6)49(52,53)36-15-14-31-12-13-33(24-34(31)25-36)42(59)55-39-29-56(30-41(50)51)19-18-37-16-17-40(58(37)43(39)60)44(61)57-27-35(26-54)38(28-57)32-10-8-7-9-11-32/h7-15,24-25,35,37-41H,16-23,27-30H2,1-6H3,(H,55,59)/t35-,37-,38+,39+,40+/m1/s1. The van der Waals surface area contributed by atoms with Crippen molar-refractivity contribution >= 4 is 69.8 Å². The fourth-order valence-electron chi connectivity index (χ4n) is 8.70. The Bertz CT molecular complexity index is 2430. The number of carbonyl (C=O) groups is 5. The van der Waals surface area contributed by atoms with Crippen LogP contribution in [0.4, 0.5) is 17.6 Å². The van der Waals surface area contributed by atoms with Crippen molar-refractivity contribution in [3.63, 3.8) is 0 Å². The highest BCUT2D eigenvalue weighted by molar-refractivity contribution is 8.14. The molecule has 3 aliphatic heterocycles. The number of hydrogen-bond donors (Lipinski definition) is 1. The van der Waals surface area contributed by atoms with Gasteiger partial charge >= 0.3 is 13.3 Å². The first-order valence-electron chi connectivity index (χ1n) is 23.0. The van der Waals surface area contributed by atoms with E-state index in [-0.39, 0.29) is 70.7 Å². The molecule has 0 spiro atoms. The maximum atomic E-state index is 16.6. The van der Waals surface area contributed by atoms with E-state index in [4.69, 9.17) is 9.05 Å². The number of fused-ring (bicyclic) bond motifs is 2. The fraction of sp³-hybridized carbons (Fsp3) is 0.551. The minimum absolute atomic E-state index is 0.0628. The van der Waals surface area contributed by atoms with Gasteiger partial charge in [0.05, 0.1) is 31.7 Å². The second-order valence-corrected chi connectivity index (χ2v) is 23.9. The zero-order valence-corrected chi connectivity index (χ0v) is 42.2. The number of alkyl halides is 4. The number of hydrogen-bond acceptors (Lipinski definition) is 12. The number of halogens is 4. The molecule has 3 fully saturated rings. The summed E-state index contributed by atoms with van der Waals surface area (Å²) in [6.45, 7) is 8.80. The lowest BCUT2D eigenvalue weighted by Crippen LogP contribution is -2.61. The molecule has 5 atom stereocenters. The molecule has 3 amide bonds. The zero-order valence-electron chi connectivity index (χ0n) is 39.6. The second kappa shape index (κ2) is 22.4. The fourth-order valence-corrected chi connectivity index (χ4v) is 12.0. The van der Waals surface area contributed by atoms with Crippen LogP contribution in [-0.4, -0.2) is 125 Å². The van der Waals surface area contributed by atoms with E-state index < -0.39 is 91.7 Å². The number of amides is 3. The largest absolute Gasteiger partial charge is 0.404 e. The summed E-state index contributed by atoms with van der Waals surface area (Å²) in [6.07, 6.45) is -1.68. The van der Waals surface area contributed by atoms with E-state index in [0.29, 0.717) is 24.6 Å². The van der Waals surface area contributed by atoms with Crippen molar-refractivity contribution in [2.24, 2.45) is 16.7 Å². The number of likely N-dealkylation sites (tertiary alicyclic amines) is 1. The number of carbonyl (C=O) groups excluding carboxylic acids is 5. The van der Waals surface area contributed by atoms with Crippen molar-refractivity contribution in [1.82, 2.24) is 20.0 Å². The van der Waals surface area contributed by atoms with Gasteiger partial charge in [-0.25, -0.2) is 8.78 Å². The first-order chi connectivity index (χ1) is 32.4. The van der Waals surface area contributed by atoms with Crippen LogP contribution in [0.2, 0.25) is 0 Å². The van der Waals surface area contributed by atoms with Crippen LogP contribution in [0.15, 0.2) is 66.7 Å². The molecule has 3 aromatic carbocycles. The summed E-state index contributed by atoms with van der Waals surface area (Å²) < 4.78 is 85.9. The smallest absolute Gasteiger partial charge is 0.339 e. The Hall–Kier alpha value is -4.31. The van der Waals surface area contributed by atoms with Crippen LogP contribution in [0.25, 0.3) is 10.8 Å². The van der Waals surface area contributed by atoms with Gasteiger partial charge in [0.15, 0.2) is 10.2 Å². The van der Waals surface area contributed by atoms with Gasteiger partial charge in [-0.15, -0.1) is 0 Å². The van der Waals surface area contributed by atoms with E-state index in [1.54, 1.807) is 46.4 Å². The number of thioether (sulfide) groups is 2. The average Bonchev–Trinajstić information content (AvgIpc) is 3.93. The minimum atomic E-state index is -5.36. The molecule has 0 bridgehead atoms. The third kappa shape index (κ3) is 13.0. The highest BCUT2D eigenvalue weighted by Gasteiger charge is 2.55. The molecule has 3 aliphatic rings. The quantitative estimate of drug-likeness (QED) is 0.0824. The zero-order chi connectivity index (χ0) is 50.5. The highest BCUT2D eigenvalue weighted by Crippen LogP contribution is 2.67. The van der Waals surface area contributed by atoms with E-state index in [0.717, 1.165) is 41.2 Å². The molecular weight excluding hydrogens is 958 g/mol. The topological polar surface area (TPSA) is 166 Å². The number of nitriles is 1. The molecule has 0 aromatic heterocycles. The molecule has 0 aliphatic carbocycles. The van der Waals surface area contributed by atoms with E-state index in [2.05, 4.69) is 11.4 Å². The van der Waals surface area contributed by atoms with Gasteiger partial charge in [-0.3, -0.25) is 33.4 Å². The predicted molar refractivity (Wildman–Crippen MR) is 258 cm³/mol. The summed E-state index contributed by atoms with van der Waals surface area (Å²) in [6, 6.07) is 16.6. The number of nitrogens with one attached hydrogen (secondary N) is 1. The third-order valence-corrected chi connectivity index (χ3v) is 16.9. The Morgan fingerprint density at radius 3 is 2.06 bits per heavy atom. The third-order valence-electron chi connectivity index (χ3n) is 12.5. The van der Waals surface area contributed by atoms with E-state index in [9.17, 15) is 42.6 Å². The Labute approximate surface area is 409 Å². The molecule has 0 radical (unpaired) electrons. The molecule has 0 saturated carbocycles. The molecular formula is C49H60F4N5O8PS2. The lowest BCUT2D eigenvalue weighted by molar-refractivity contribution is -0.147. The number of benzene rings is 3. The van der Waals surface area contributed by atoms with Crippen LogP contribution >= 0.6 is 31.1 Å². The van der Waals surface area contributed by atoms with Gasteiger partial charge < -0.3 is 24.2 Å². The molecule has 69 heavy (non-hydrogen) atoms. The van der Waals surface area contributed by atoms with Crippen molar-refractivity contribution in [3.05, 3.63) is 83.4 Å². The first kappa shape index (κ1) is 54.0. The molecule has 0 unspecified atom stereocenters. The summed E-state index contributed by atoms with van der Waals surface area (Å²) >= 11 is 1.68. The lowest BCUT2D eigenvalue weighted by Gasteiger charge is -2.39. The van der Waals surface area contributed by atoms with Gasteiger partial charge in [-0.05, 0) is 53.8 Å². The average molecular weight is 1020 g/mol. The Morgan fingerprint density at radius 2 is 1.46 bits per heavy atom. The van der Waals surface area contributed by atoms with Crippen LogP contribution in [-0.2, 0) is 38.5 Å². The highest BCUT2D eigenvalue weighted by atomic mass is 32.2. The number of rotatable bonds is 16. The van der Waals surface area contributed by atoms with Gasteiger partial charge in [-0.2, -0.15) is 14.0 Å². The summed E-state index contributed by atoms with van der Waals surface area (Å²) in [5.41, 5.74) is -5.62. The van der Waals surface area contributed by atoms with E-state index >= 15 is 8.78 Å². The molecule has 20 heteroatoms. The van der Waals surface area contributed by atoms with Gasteiger partial charge in [0.2, 0.25) is 11.8 Å². The maximum absolute atomic E-state index is 16.6. The number of nitrogens with zero attached hydrogens (tertiary/aromatic N) is 4. The summed E-state index contributed by atoms with van der Waals surface area (Å²) in [5, 5.41) is 12.8. The minimum Gasteiger partial charge on any atom is -0.339 e. The van der Waals surface area contributed by atoms with Gasteiger partial charge in [0.25, 0.3) is 12.3 Å². The van der Waals surface area contributed by atoms with E-state index in [1.807, 2.05) is 30.3 Å². The Balaban J connectivity index is 1.23. The van der Waals surface area contributed by atoms with Crippen molar-refractivity contribution in [2.45, 2.75) is 96.9 Å². The summed E-state index contributed by atoms with van der Waals surface area (Å²) in [5.74, 6) is -2.65. The van der Waals surface area contributed by atoms with Crippen LogP contribution in [0.5, 0.6) is 0 Å². The molecule has 6 rings (SSSR count). The van der Waals surface area contributed by atoms with Crippen molar-refractivity contribution in [1.29, 1.82) is 5.26 Å². The predicted octanol–water partition coefficient (Wildman–Crippen LogP) is 8.92. The molecule has 13 nitrogen and oxygen atoms in total. The van der Waals surface area contributed by atoms with Crippen LogP contribution in [0, 0.1) is 28.1 Å². The van der Waals surface area contributed by atoms with Crippen molar-refractivity contribution < 1.29 is 55.1 Å². The Morgan fingerprint density at radius 1 is 0.841 bits per heavy atom. The molecule has 3 heterocycles. The second-order valence-electron chi connectivity index (χ2n) is 19.7. The van der Waals surface area contributed by atoms with Gasteiger partial charge in [0, 0.05) is 71.6 Å². The summed E-state index contributed by atoms with van der Waals surface area (Å²) in [7, 11) is -5.36. The maximum Gasteiger partial charge on any atom is 0.404 e. The van der Waals surface area contributed by atoms with E-state index in [1.165, 1.54) is 34.1 Å². The van der Waals surface area contributed by atoms with Crippen LogP contribution in [0.3, 0.4) is 0 Å². The lowest BCUT2D eigenvalue weighted by atomic mass is 9.90.